The van der Waals surface area contributed by atoms with Crippen LogP contribution in [-0.2, 0) is 11.3 Å². The Bertz CT molecular complexity index is 1200. The van der Waals surface area contributed by atoms with Gasteiger partial charge < -0.3 is 10.2 Å². The highest BCUT2D eigenvalue weighted by Crippen LogP contribution is 2.28. The number of nitrogens with one attached hydrogen (secondary N) is 1. The van der Waals surface area contributed by atoms with Crippen molar-refractivity contribution in [1.29, 1.82) is 0 Å². The van der Waals surface area contributed by atoms with Crippen LogP contribution in [0.4, 0.5) is 10.8 Å². The van der Waals surface area contributed by atoms with E-state index in [2.05, 4.69) is 46.6 Å². The Labute approximate surface area is 195 Å². The van der Waals surface area contributed by atoms with E-state index in [-0.39, 0.29) is 5.91 Å². The second-order valence-corrected chi connectivity index (χ2v) is 9.66. The molecule has 0 saturated carbocycles. The summed E-state index contributed by atoms with van der Waals surface area (Å²) in [7, 11) is 1.80. The van der Waals surface area contributed by atoms with Crippen molar-refractivity contribution in [3.05, 3.63) is 77.6 Å². The monoisotopic (exact) mass is 464 g/mol. The maximum atomic E-state index is 12.6. The molecule has 0 spiro atoms. The molecule has 2 heterocycles. The van der Waals surface area contributed by atoms with Crippen molar-refractivity contribution in [1.82, 2.24) is 24.9 Å². The second kappa shape index (κ2) is 9.97. The fourth-order valence-corrected chi connectivity index (χ4v) is 4.73. The topological polar surface area (TPSA) is 75.9 Å². The molecule has 0 saturated heterocycles. The highest BCUT2D eigenvalue weighted by molar-refractivity contribution is 8.01. The van der Waals surface area contributed by atoms with Crippen molar-refractivity contribution >= 4 is 39.8 Å². The summed E-state index contributed by atoms with van der Waals surface area (Å²) in [4.78, 5) is 14.3. The van der Waals surface area contributed by atoms with Gasteiger partial charge in [-0.15, -0.1) is 10.2 Å². The van der Waals surface area contributed by atoms with Crippen LogP contribution in [0.5, 0.6) is 0 Å². The van der Waals surface area contributed by atoms with E-state index >= 15 is 0 Å². The first-order valence-electron chi connectivity index (χ1n) is 10.1. The standard InChI is InChI=1S/C23H24N6OS2/c1-16-9-10-19(11-17(16)2)25-22-26-27-23(32-22)31-15-21(30)28(3)13-18-12-24-29(14-18)20-7-5-4-6-8-20/h4-12,14H,13,15H2,1-3H3,(H,25,26). The number of rotatable bonds is 8. The average Bonchev–Trinajstić information content (AvgIpc) is 3.45. The third kappa shape index (κ3) is 5.54. The molecule has 0 aliphatic heterocycles. The molecule has 0 atom stereocenters. The molecule has 7 nitrogen and oxygen atoms in total. The molecule has 0 aliphatic rings. The lowest BCUT2D eigenvalue weighted by atomic mass is 10.1. The van der Waals surface area contributed by atoms with E-state index in [0.29, 0.717) is 17.4 Å². The molecule has 0 fully saturated rings. The number of amides is 1. The molecule has 0 unspecified atom stereocenters. The van der Waals surface area contributed by atoms with E-state index < -0.39 is 0 Å². The van der Waals surface area contributed by atoms with Gasteiger partial charge in [-0.2, -0.15) is 5.10 Å². The van der Waals surface area contributed by atoms with Crippen molar-refractivity contribution < 1.29 is 4.79 Å². The van der Waals surface area contributed by atoms with Crippen LogP contribution in [0, 0.1) is 13.8 Å². The van der Waals surface area contributed by atoms with E-state index in [0.717, 1.165) is 21.3 Å². The lowest BCUT2D eigenvalue weighted by molar-refractivity contribution is -0.127. The normalized spacial score (nSPS) is 10.8. The van der Waals surface area contributed by atoms with E-state index in [1.807, 2.05) is 47.3 Å². The summed E-state index contributed by atoms with van der Waals surface area (Å²) in [6.07, 6.45) is 3.74. The molecule has 0 bridgehead atoms. The maximum absolute atomic E-state index is 12.6. The molecule has 2 aromatic heterocycles. The minimum atomic E-state index is 0.0290. The number of thioether (sulfide) groups is 1. The Balaban J connectivity index is 1.28. The first kappa shape index (κ1) is 22.0. The Morgan fingerprint density at radius 1 is 1.12 bits per heavy atom. The van der Waals surface area contributed by atoms with Gasteiger partial charge in [-0.25, -0.2) is 4.68 Å². The Hall–Kier alpha value is -3.17. The van der Waals surface area contributed by atoms with Gasteiger partial charge in [0.1, 0.15) is 0 Å². The van der Waals surface area contributed by atoms with Crippen molar-refractivity contribution in [3.63, 3.8) is 0 Å². The predicted octanol–water partition coefficient (Wildman–Crippen LogP) is 4.83. The highest BCUT2D eigenvalue weighted by Gasteiger charge is 2.14. The van der Waals surface area contributed by atoms with E-state index in [1.54, 1.807) is 18.1 Å². The molecular formula is C23H24N6OS2. The zero-order valence-electron chi connectivity index (χ0n) is 18.1. The SMILES string of the molecule is Cc1ccc(Nc2nnc(SCC(=O)N(C)Cc3cnn(-c4ccccc4)c3)s2)cc1C. The molecule has 0 radical (unpaired) electrons. The zero-order valence-corrected chi connectivity index (χ0v) is 19.8. The summed E-state index contributed by atoms with van der Waals surface area (Å²) >= 11 is 2.84. The van der Waals surface area contributed by atoms with Gasteiger partial charge in [0.2, 0.25) is 11.0 Å². The fourth-order valence-electron chi connectivity index (χ4n) is 3.02. The van der Waals surface area contributed by atoms with Gasteiger partial charge in [-0.05, 0) is 49.2 Å². The van der Waals surface area contributed by atoms with Crippen molar-refractivity contribution in [3.8, 4) is 5.69 Å². The van der Waals surface area contributed by atoms with Gasteiger partial charge in [0, 0.05) is 31.0 Å². The van der Waals surface area contributed by atoms with Crippen LogP contribution in [0.1, 0.15) is 16.7 Å². The quantitative estimate of drug-likeness (QED) is 0.376. The maximum Gasteiger partial charge on any atom is 0.233 e. The lowest BCUT2D eigenvalue weighted by Crippen LogP contribution is -2.27. The zero-order chi connectivity index (χ0) is 22.5. The number of aromatic nitrogens is 4. The predicted molar refractivity (Wildman–Crippen MR) is 130 cm³/mol. The lowest BCUT2D eigenvalue weighted by Gasteiger charge is -2.15. The number of nitrogens with zero attached hydrogens (tertiary/aromatic N) is 5. The van der Waals surface area contributed by atoms with Crippen LogP contribution in [0.2, 0.25) is 0 Å². The van der Waals surface area contributed by atoms with Crippen LogP contribution in [0.3, 0.4) is 0 Å². The molecule has 4 aromatic rings. The number of aryl methyl sites for hydroxylation is 2. The van der Waals surface area contributed by atoms with E-state index in [1.165, 1.54) is 34.2 Å². The number of carbonyl (C=O) groups is 1. The van der Waals surface area contributed by atoms with E-state index in [4.69, 9.17) is 0 Å². The summed E-state index contributed by atoms with van der Waals surface area (Å²) in [5, 5.41) is 16.8. The second-order valence-electron chi connectivity index (χ2n) is 7.46. The van der Waals surface area contributed by atoms with Crippen molar-refractivity contribution in [2.45, 2.75) is 24.7 Å². The van der Waals surface area contributed by atoms with Crippen LogP contribution < -0.4 is 5.32 Å². The molecule has 1 amide bonds. The highest BCUT2D eigenvalue weighted by atomic mass is 32.2. The first-order chi connectivity index (χ1) is 15.5. The molecule has 1 N–H and O–H groups in total. The molecule has 2 aromatic carbocycles. The average molecular weight is 465 g/mol. The van der Waals surface area contributed by atoms with Gasteiger partial charge >= 0.3 is 0 Å². The molecule has 9 heteroatoms. The number of anilines is 2. The van der Waals surface area contributed by atoms with Crippen LogP contribution in [0.25, 0.3) is 5.69 Å². The minimum absolute atomic E-state index is 0.0290. The van der Waals surface area contributed by atoms with Gasteiger partial charge in [0.15, 0.2) is 4.34 Å². The van der Waals surface area contributed by atoms with Gasteiger partial charge in [-0.1, -0.05) is 47.4 Å². The first-order valence-corrected chi connectivity index (χ1v) is 11.9. The smallest absolute Gasteiger partial charge is 0.233 e. The number of carbonyl (C=O) groups excluding carboxylic acids is 1. The third-order valence-corrected chi connectivity index (χ3v) is 6.94. The van der Waals surface area contributed by atoms with Gasteiger partial charge in [-0.3, -0.25) is 4.79 Å². The largest absolute Gasteiger partial charge is 0.341 e. The van der Waals surface area contributed by atoms with Crippen LogP contribution in [-0.4, -0.2) is 43.6 Å². The molecule has 4 rings (SSSR count). The molecule has 0 aliphatic carbocycles. The van der Waals surface area contributed by atoms with Gasteiger partial charge in [0.05, 0.1) is 17.6 Å². The summed E-state index contributed by atoms with van der Waals surface area (Å²) in [5.41, 5.74) is 5.42. The summed E-state index contributed by atoms with van der Waals surface area (Å²) in [6.45, 7) is 4.67. The Kier molecular flexibility index (Phi) is 6.87. The van der Waals surface area contributed by atoms with Crippen molar-refractivity contribution in [2.24, 2.45) is 0 Å². The van der Waals surface area contributed by atoms with Crippen LogP contribution in [0.15, 0.2) is 65.3 Å². The number of benzene rings is 2. The third-order valence-electron chi connectivity index (χ3n) is 4.99. The number of hydrogen-bond acceptors (Lipinski definition) is 7. The number of hydrogen-bond donors (Lipinski definition) is 1. The number of para-hydroxylation sites is 1. The molecular weight excluding hydrogens is 440 g/mol. The molecule has 32 heavy (non-hydrogen) atoms. The van der Waals surface area contributed by atoms with Crippen molar-refractivity contribution in [2.75, 3.05) is 18.1 Å². The molecule has 164 valence electrons. The summed E-state index contributed by atoms with van der Waals surface area (Å²) < 4.78 is 2.57. The van der Waals surface area contributed by atoms with E-state index in [9.17, 15) is 4.79 Å². The Morgan fingerprint density at radius 3 is 2.72 bits per heavy atom. The summed E-state index contributed by atoms with van der Waals surface area (Å²) in [5.74, 6) is 0.336. The fraction of sp³-hybridized carbons (Fsp3) is 0.217. The van der Waals surface area contributed by atoms with Gasteiger partial charge in [0.25, 0.3) is 0 Å². The Morgan fingerprint density at radius 2 is 1.94 bits per heavy atom. The van der Waals surface area contributed by atoms with Crippen LogP contribution >= 0.6 is 23.1 Å². The summed E-state index contributed by atoms with van der Waals surface area (Å²) in [6, 6.07) is 16.1. The minimum Gasteiger partial charge on any atom is -0.341 e.